The van der Waals surface area contributed by atoms with Crippen molar-refractivity contribution in [1.82, 2.24) is 19.6 Å². The molecule has 2 N–H and O–H groups in total. The molecule has 7 heteroatoms. The van der Waals surface area contributed by atoms with Gasteiger partial charge >= 0.3 is 0 Å². The van der Waals surface area contributed by atoms with Gasteiger partial charge in [-0.05, 0) is 27.3 Å². The van der Waals surface area contributed by atoms with Gasteiger partial charge in [0.25, 0.3) is 5.91 Å². The number of hydrogen-bond donors (Lipinski definition) is 1. The first kappa shape index (κ1) is 17.5. The average Bonchev–Trinajstić information content (AvgIpc) is 2.65. The predicted molar refractivity (Wildman–Crippen MR) is 88.1 cm³/mol. The van der Waals surface area contributed by atoms with E-state index in [1.165, 1.54) is 0 Å². The van der Waals surface area contributed by atoms with Gasteiger partial charge in [-0.1, -0.05) is 6.92 Å². The van der Waals surface area contributed by atoms with Crippen molar-refractivity contribution in [3.05, 3.63) is 17.0 Å². The van der Waals surface area contributed by atoms with Gasteiger partial charge in [-0.3, -0.25) is 14.3 Å². The van der Waals surface area contributed by atoms with Gasteiger partial charge in [0.1, 0.15) is 0 Å². The maximum atomic E-state index is 13.0. The van der Waals surface area contributed by atoms with E-state index in [0.717, 1.165) is 30.9 Å². The maximum Gasteiger partial charge on any atom is 0.257 e. The Hall–Kier alpha value is -1.89. The molecular formula is C16H27N5O2. The minimum Gasteiger partial charge on any atom is -0.369 e. The van der Waals surface area contributed by atoms with Crippen LogP contribution in [-0.2, 0) is 11.3 Å². The van der Waals surface area contributed by atoms with Gasteiger partial charge in [0.2, 0.25) is 5.91 Å². The fourth-order valence-electron chi connectivity index (χ4n) is 3.13. The Morgan fingerprint density at radius 3 is 2.57 bits per heavy atom. The molecule has 2 heterocycles. The zero-order valence-electron chi connectivity index (χ0n) is 14.5. The third kappa shape index (κ3) is 3.72. The summed E-state index contributed by atoms with van der Waals surface area (Å²) in [6, 6.07) is 0. The first-order valence-corrected chi connectivity index (χ1v) is 8.16. The molecule has 0 spiro atoms. The standard InChI is InChI=1S/C16H27N5O2/c1-5-6-21-12(3)14(11(2)18-21)16(23)20-8-7-19(4)9-13(10-20)15(17)22/h13H,5-10H2,1-4H3,(H2,17,22). The van der Waals surface area contributed by atoms with E-state index in [1.54, 1.807) is 4.90 Å². The fourth-order valence-corrected chi connectivity index (χ4v) is 3.13. The summed E-state index contributed by atoms with van der Waals surface area (Å²) in [6.45, 7) is 8.96. The second-order valence-electron chi connectivity index (χ2n) is 6.38. The second-order valence-corrected chi connectivity index (χ2v) is 6.38. The van der Waals surface area contributed by atoms with Crippen LogP contribution in [0, 0.1) is 19.8 Å². The molecule has 0 bridgehead atoms. The Morgan fingerprint density at radius 1 is 1.26 bits per heavy atom. The van der Waals surface area contributed by atoms with Crippen molar-refractivity contribution in [3.8, 4) is 0 Å². The topological polar surface area (TPSA) is 84.5 Å². The van der Waals surface area contributed by atoms with E-state index in [2.05, 4.69) is 12.0 Å². The molecule has 1 aromatic heterocycles. The summed E-state index contributed by atoms with van der Waals surface area (Å²) in [5.74, 6) is -0.742. The first-order chi connectivity index (χ1) is 10.8. The van der Waals surface area contributed by atoms with Crippen LogP contribution in [0.2, 0.25) is 0 Å². The van der Waals surface area contributed by atoms with Crippen LogP contribution in [0.1, 0.15) is 35.1 Å². The van der Waals surface area contributed by atoms with E-state index in [-0.39, 0.29) is 17.7 Å². The molecule has 1 unspecified atom stereocenters. The quantitative estimate of drug-likeness (QED) is 0.870. The van der Waals surface area contributed by atoms with Crippen LogP contribution in [0.15, 0.2) is 0 Å². The highest BCUT2D eigenvalue weighted by molar-refractivity contribution is 5.96. The summed E-state index contributed by atoms with van der Waals surface area (Å²) < 4.78 is 1.89. The molecule has 1 fully saturated rings. The fraction of sp³-hybridized carbons (Fsp3) is 0.688. The van der Waals surface area contributed by atoms with Crippen molar-refractivity contribution >= 4 is 11.8 Å². The Morgan fingerprint density at radius 2 is 1.96 bits per heavy atom. The molecule has 0 radical (unpaired) electrons. The predicted octanol–water partition coefficient (Wildman–Crippen LogP) is 0.399. The lowest BCUT2D eigenvalue weighted by atomic mass is 10.1. The smallest absolute Gasteiger partial charge is 0.257 e. The number of likely N-dealkylation sites (N-methyl/N-ethyl adjacent to an activating group) is 1. The van der Waals surface area contributed by atoms with Crippen molar-refractivity contribution in [2.75, 3.05) is 33.2 Å². The number of rotatable bonds is 4. The van der Waals surface area contributed by atoms with E-state index in [0.29, 0.717) is 25.2 Å². The van der Waals surface area contributed by atoms with Gasteiger partial charge in [0.15, 0.2) is 0 Å². The van der Waals surface area contributed by atoms with E-state index in [4.69, 9.17) is 5.73 Å². The van der Waals surface area contributed by atoms with Crippen LogP contribution in [-0.4, -0.2) is 64.6 Å². The molecule has 1 aliphatic heterocycles. The number of amides is 2. The monoisotopic (exact) mass is 321 g/mol. The summed E-state index contributed by atoms with van der Waals surface area (Å²) in [5.41, 5.74) is 7.78. The molecule has 0 aromatic carbocycles. The van der Waals surface area contributed by atoms with Crippen molar-refractivity contribution in [1.29, 1.82) is 0 Å². The molecule has 1 saturated heterocycles. The van der Waals surface area contributed by atoms with E-state index in [1.807, 2.05) is 30.5 Å². The number of hydrogen-bond acceptors (Lipinski definition) is 4. The SMILES string of the molecule is CCCn1nc(C)c(C(=O)N2CCN(C)CC(C(N)=O)C2)c1C. The Balaban J connectivity index is 2.27. The summed E-state index contributed by atoms with van der Waals surface area (Å²) in [6.07, 6.45) is 0.966. The van der Waals surface area contributed by atoms with Crippen LogP contribution in [0.4, 0.5) is 0 Å². The maximum absolute atomic E-state index is 13.0. The second kappa shape index (κ2) is 7.12. The average molecular weight is 321 g/mol. The summed E-state index contributed by atoms with van der Waals surface area (Å²) in [5, 5.41) is 4.48. The van der Waals surface area contributed by atoms with Crippen LogP contribution >= 0.6 is 0 Å². The highest BCUT2D eigenvalue weighted by Gasteiger charge is 2.30. The third-order valence-corrected chi connectivity index (χ3v) is 4.44. The molecule has 7 nitrogen and oxygen atoms in total. The normalized spacial score (nSPS) is 19.7. The Kier molecular flexibility index (Phi) is 5.41. The molecule has 23 heavy (non-hydrogen) atoms. The summed E-state index contributed by atoms with van der Waals surface area (Å²) in [4.78, 5) is 28.4. The highest BCUT2D eigenvalue weighted by atomic mass is 16.2. The highest BCUT2D eigenvalue weighted by Crippen LogP contribution is 2.18. The number of nitrogens with two attached hydrogens (primary N) is 1. The van der Waals surface area contributed by atoms with E-state index >= 15 is 0 Å². The van der Waals surface area contributed by atoms with Gasteiger partial charge < -0.3 is 15.5 Å². The number of nitrogens with zero attached hydrogens (tertiary/aromatic N) is 4. The van der Waals surface area contributed by atoms with Crippen molar-refractivity contribution in [3.63, 3.8) is 0 Å². The van der Waals surface area contributed by atoms with Crippen LogP contribution in [0.5, 0.6) is 0 Å². The molecule has 2 rings (SSSR count). The number of carbonyl (C=O) groups is 2. The van der Waals surface area contributed by atoms with Crippen LogP contribution < -0.4 is 5.73 Å². The van der Waals surface area contributed by atoms with E-state index < -0.39 is 0 Å². The third-order valence-electron chi connectivity index (χ3n) is 4.44. The molecule has 0 saturated carbocycles. The number of aryl methyl sites for hydroxylation is 2. The van der Waals surface area contributed by atoms with Gasteiger partial charge in [0, 0.05) is 38.4 Å². The molecule has 1 atom stereocenters. The summed E-state index contributed by atoms with van der Waals surface area (Å²) >= 11 is 0. The lowest BCUT2D eigenvalue weighted by molar-refractivity contribution is -0.122. The first-order valence-electron chi connectivity index (χ1n) is 8.16. The zero-order valence-corrected chi connectivity index (χ0v) is 14.5. The number of aromatic nitrogens is 2. The molecule has 0 aliphatic carbocycles. The Labute approximate surface area is 137 Å². The molecule has 2 amide bonds. The van der Waals surface area contributed by atoms with Gasteiger partial charge in [0.05, 0.1) is 17.2 Å². The number of carbonyl (C=O) groups excluding carboxylic acids is 2. The van der Waals surface area contributed by atoms with Gasteiger partial charge in [-0.15, -0.1) is 0 Å². The number of primary amides is 1. The van der Waals surface area contributed by atoms with Gasteiger partial charge in [-0.2, -0.15) is 5.10 Å². The molecule has 1 aromatic rings. The minimum absolute atomic E-state index is 0.0519. The Bertz CT molecular complexity index is 596. The lowest BCUT2D eigenvalue weighted by Gasteiger charge is -2.22. The largest absolute Gasteiger partial charge is 0.369 e. The van der Waals surface area contributed by atoms with Crippen molar-refractivity contribution in [2.24, 2.45) is 11.7 Å². The van der Waals surface area contributed by atoms with Crippen molar-refractivity contribution < 1.29 is 9.59 Å². The summed E-state index contributed by atoms with van der Waals surface area (Å²) in [7, 11) is 1.94. The van der Waals surface area contributed by atoms with Crippen LogP contribution in [0.25, 0.3) is 0 Å². The molecule has 1 aliphatic rings. The molecular weight excluding hydrogens is 294 g/mol. The van der Waals surface area contributed by atoms with E-state index in [9.17, 15) is 9.59 Å². The molecule has 128 valence electrons. The van der Waals surface area contributed by atoms with Crippen molar-refractivity contribution in [2.45, 2.75) is 33.7 Å². The van der Waals surface area contributed by atoms with Gasteiger partial charge in [-0.25, -0.2) is 0 Å². The lowest BCUT2D eigenvalue weighted by Crippen LogP contribution is -2.40. The van der Waals surface area contributed by atoms with Crippen LogP contribution in [0.3, 0.4) is 0 Å². The minimum atomic E-state index is -0.355. The zero-order chi connectivity index (χ0) is 17.1.